The van der Waals surface area contributed by atoms with Crippen molar-refractivity contribution in [2.24, 2.45) is 0 Å². The van der Waals surface area contributed by atoms with Crippen molar-refractivity contribution in [1.82, 2.24) is 15.3 Å². The zero-order valence-corrected chi connectivity index (χ0v) is 21.4. The topological polar surface area (TPSA) is 134 Å². The van der Waals surface area contributed by atoms with Gasteiger partial charge in [-0.05, 0) is 60.7 Å². The van der Waals surface area contributed by atoms with E-state index in [-0.39, 0.29) is 21.8 Å². The fourth-order valence-corrected chi connectivity index (χ4v) is 4.48. The third kappa shape index (κ3) is 6.26. The monoisotopic (exact) mass is 538 g/mol. The van der Waals surface area contributed by atoms with E-state index in [1.165, 1.54) is 25.4 Å². The van der Waals surface area contributed by atoms with Crippen molar-refractivity contribution in [3.8, 4) is 5.75 Å². The SMILES string of the molecule is CNC(=O)c1ccccc1Nc1nc(Nc2ccc(NS(=O)(=O)c3ccc(OC)cc3)cc2)ncc1Cl. The number of carbonyl (C=O) groups excluding carboxylic acids is 1. The molecule has 0 unspecified atom stereocenters. The number of nitrogens with one attached hydrogen (secondary N) is 4. The van der Waals surface area contributed by atoms with Crippen LogP contribution in [0.5, 0.6) is 5.75 Å². The number of sulfonamides is 1. The summed E-state index contributed by atoms with van der Waals surface area (Å²) < 4.78 is 32.9. The molecule has 4 aromatic rings. The second kappa shape index (κ2) is 11.1. The van der Waals surface area contributed by atoms with Crippen LogP contribution in [0.2, 0.25) is 5.02 Å². The zero-order valence-electron chi connectivity index (χ0n) is 19.8. The number of ether oxygens (including phenoxy) is 1. The predicted octanol–water partition coefficient (Wildman–Crippen LogP) is 4.79. The van der Waals surface area contributed by atoms with E-state index in [4.69, 9.17) is 16.3 Å². The minimum absolute atomic E-state index is 0.114. The highest BCUT2D eigenvalue weighted by Gasteiger charge is 2.15. The molecule has 0 atom stereocenters. The van der Waals surface area contributed by atoms with Crippen LogP contribution in [0.3, 0.4) is 0 Å². The standard InChI is InChI=1S/C25H23ClN6O4S/c1-27-24(33)20-5-3-4-6-22(20)30-23-21(26)15-28-25(31-23)29-16-7-9-17(10-8-16)32-37(34,35)19-13-11-18(36-2)12-14-19/h3-15,32H,1-2H3,(H,27,33)(H2,28,29,30,31). The molecule has 4 N–H and O–H groups in total. The van der Waals surface area contributed by atoms with Crippen LogP contribution in [0.1, 0.15) is 10.4 Å². The van der Waals surface area contributed by atoms with Gasteiger partial charge in [-0.3, -0.25) is 9.52 Å². The molecular weight excluding hydrogens is 516 g/mol. The van der Waals surface area contributed by atoms with Gasteiger partial charge in [0.1, 0.15) is 10.8 Å². The van der Waals surface area contributed by atoms with Crippen molar-refractivity contribution >= 4 is 56.4 Å². The maximum absolute atomic E-state index is 12.6. The summed E-state index contributed by atoms with van der Waals surface area (Å²) in [6.07, 6.45) is 1.43. The van der Waals surface area contributed by atoms with E-state index in [1.54, 1.807) is 67.7 Å². The minimum atomic E-state index is -3.76. The minimum Gasteiger partial charge on any atom is -0.497 e. The van der Waals surface area contributed by atoms with Crippen LogP contribution >= 0.6 is 11.6 Å². The second-order valence-electron chi connectivity index (χ2n) is 7.62. The van der Waals surface area contributed by atoms with Crippen molar-refractivity contribution in [1.29, 1.82) is 0 Å². The lowest BCUT2D eigenvalue weighted by molar-refractivity contribution is 0.0964. The van der Waals surface area contributed by atoms with E-state index in [0.29, 0.717) is 34.2 Å². The maximum Gasteiger partial charge on any atom is 0.261 e. The Balaban J connectivity index is 1.47. The number of amides is 1. The summed E-state index contributed by atoms with van der Waals surface area (Å²) in [6.45, 7) is 0. The average molecular weight is 539 g/mol. The van der Waals surface area contributed by atoms with E-state index in [1.807, 2.05) is 0 Å². The van der Waals surface area contributed by atoms with Gasteiger partial charge in [-0.15, -0.1) is 0 Å². The number of methoxy groups -OCH3 is 1. The van der Waals surface area contributed by atoms with Crippen LogP contribution in [0, 0.1) is 0 Å². The smallest absolute Gasteiger partial charge is 0.261 e. The summed E-state index contributed by atoms with van der Waals surface area (Å²) in [6, 6.07) is 19.6. The summed E-state index contributed by atoms with van der Waals surface area (Å²) in [4.78, 5) is 20.9. The molecule has 3 aromatic carbocycles. The van der Waals surface area contributed by atoms with Gasteiger partial charge < -0.3 is 20.7 Å². The molecule has 0 radical (unpaired) electrons. The van der Waals surface area contributed by atoms with Crippen LogP contribution in [-0.4, -0.2) is 38.5 Å². The number of anilines is 5. The first kappa shape index (κ1) is 25.7. The van der Waals surface area contributed by atoms with Gasteiger partial charge in [0.2, 0.25) is 5.95 Å². The zero-order chi connectivity index (χ0) is 26.4. The van der Waals surface area contributed by atoms with Gasteiger partial charge in [-0.25, -0.2) is 13.4 Å². The molecule has 0 aliphatic rings. The molecule has 1 aromatic heterocycles. The number of benzene rings is 3. The van der Waals surface area contributed by atoms with E-state index in [2.05, 4.69) is 30.6 Å². The maximum atomic E-state index is 12.6. The number of nitrogens with zero attached hydrogens (tertiary/aromatic N) is 2. The molecule has 0 fully saturated rings. The van der Waals surface area contributed by atoms with Crippen LogP contribution in [0.25, 0.3) is 0 Å². The Hall–Kier alpha value is -4.35. The molecule has 37 heavy (non-hydrogen) atoms. The van der Waals surface area contributed by atoms with Crippen LogP contribution in [-0.2, 0) is 10.0 Å². The summed E-state index contributed by atoms with van der Waals surface area (Å²) in [7, 11) is -0.704. The van der Waals surface area contributed by atoms with Gasteiger partial charge in [-0.2, -0.15) is 4.98 Å². The number of carbonyl (C=O) groups is 1. The molecule has 10 nitrogen and oxygen atoms in total. The van der Waals surface area contributed by atoms with Crippen molar-refractivity contribution < 1.29 is 17.9 Å². The van der Waals surface area contributed by atoms with Gasteiger partial charge in [-0.1, -0.05) is 23.7 Å². The van der Waals surface area contributed by atoms with E-state index in [0.717, 1.165) is 0 Å². The molecule has 1 amide bonds. The van der Waals surface area contributed by atoms with Crippen LogP contribution in [0.15, 0.2) is 83.9 Å². The molecule has 0 bridgehead atoms. The summed E-state index contributed by atoms with van der Waals surface area (Å²) in [5, 5.41) is 8.98. The Morgan fingerprint density at radius 3 is 2.27 bits per heavy atom. The average Bonchev–Trinajstić information content (AvgIpc) is 2.91. The van der Waals surface area contributed by atoms with Crippen LogP contribution in [0.4, 0.5) is 28.8 Å². The first-order valence-corrected chi connectivity index (χ1v) is 12.8. The Bertz CT molecular complexity index is 1510. The Morgan fingerprint density at radius 2 is 1.59 bits per heavy atom. The molecule has 0 saturated heterocycles. The highest BCUT2D eigenvalue weighted by molar-refractivity contribution is 7.92. The molecule has 0 aliphatic carbocycles. The molecule has 0 spiro atoms. The lowest BCUT2D eigenvalue weighted by Gasteiger charge is -2.13. The third-order valence-electron chi connectivity index (χ3n) is 5.16. The van der Waals surface area contributed by atoms with E-state index < -0.39 is 10.0 Å². The summed E-state index contributed by atoms with van der Waals surface area (Å²) in [5.41, 5.74) is 1.96. The number of hydrogen-bond donors (Lipinski definition) is 4. The largest absolute Gasteiger partial charge is 0.497 e. The van der Waals surface area contributed by atoms with Gasteiger partial charge in [0.05, 0.1) is 29.5 Å². The van der Waals surface area contributed by atoms with Crippen molar-refractivity contribution in [3.63, 3.8) is 0 Å². The number of para-hydroxylation sites is 1. The highest BCUT2D eigenvalue weighted by Crippen LogP contribution is 2.27. The lowest BCUT2D eigenvalue weighted by Crippen LogP contribution is -2.19. The number of aromatic nitrogens is 2. The first-order valence-electron chi connectivity index (χ1n) is 10.9. The van der Waals surface area contributed by atoms with Crippen molar-refractivity contribution in [3.05, 3.63) is 89.6 Å². The summed E-state index contributed by atoms with van der Waals surface area (Å²) >= 11 is 6.28. The first-order chi connectivity index (χ1) is 17.8. The van der Waals surface area contributed by atoms with Crippen molar-refractivity contribution in [2.45, 2.75) is 4.90 Å². The molecule has 190 valence electrons. The summed E-state index contributed by atoms with van der Waals surface area (Å²) in [5.74, 6) is 0.859. The number of halogens is 1. The Labute approximate surface area is 219 Å². The quantitative estimate of drug-likeness (QED) is 0.239. The molecule has 12 heteroatoms. The van der Waals surface area contributed by atoms with Crippen LogP contribution < -0.4 is 25.4 Å². The van der Waals surface area contributed by atoms with Gasteiger partial charge in [0.15, 0.2) is 5.82 Å². The third-order valence-corrected chi connectivity index (χ3v) is 6.83. The second-order valence-corrected chi connectivity index (χ2v) is 9.71. The number of hydrogen-bond acceptors (Lipinski definition) is 8. The predicted molar refractivity (Wildman–Crippen MR) is 144 cm³/mol. The fraction of sp³-hybridized carbons (Fsp3) is 0.0800. The van der Waals surface area contributed by atoms with Gasteiger partial charge in [0.25, 0.3) is 15.9 Å². The van der Waals surface area contributed by atoms with Gasteiger partial charge >= 0.3 is 0 Å². The Morgan fingerprint density at radius 1 is 0.919 bits per heavy atom. The Kier molecular flexibility index (Phi) is 7.75. The number of rotatable bonds is 9. The van der Waals surface area contributed by atoms with Crippen molar-refractivity contribution in [2.75, 3.05) is 29.5 Å². The molecule has 0 aliphatic heterocycles. The fourth-order valence-electron chi connectivity index (χ4n) is 3.29. The molecule has 4 rings (SSSR count). The molecule has 0 saturated carbocycles. The van der Waals surface area contributed by atoms with Gasteiger partial charge in [0, 0.05) is 18.4 Å². The van der Waals surface area contributed by atoms with E-state index >= 15 is 0 Å². The molecular formula is C25H23ClN6O4S. The highest BCUT2D eigenvalue weighted by atomic mass is 35.5. The normalized spacial score (nSPS) is 10.9. The molecule has 1 heterocycles. The lowest BCUT2D eigenvalue weighted by atomic mass is 10.1. The van der Waals surface area contributed by atoms with E-state index in [9.17, 15) is 13.2 Å².